The summed E-state index contributed by atoms with van der Waals surface area (Å²) in [6.07, 6.45) is 1.49. The van der Waals surface area contributed by atoms with Crippen molar-refractivity contribution >= 4 is 12.0 Å². The highest BCUT2D eigenvalue weighted by molar-refractivity contribution is 5.85. The number of rotatable bonds is 4. The number of hydrogen-bond acceptors (Lipinski definition) is 3. The number of ether oxygens (including phenoxy) is 1. The summed E-state index contributed by atoms with van der Waals surface area (Å²) >= 11 is 0. The molecule has 0 bridgehead atoms. The Morgan fingerprint density at radius 2 is 2.10 bits per heavy atom. The number of likely N-dealkylation sites (tertiary alicyclic amines) is 1. The number of nitrogens with one attached hydrogen (secondary N) is 1. The summed E-state index contributed by atoms with van der Waals surface area (Å²) in [4.78, 5) is 25.8. The fraction of sp³-hybridized carbons (Fsp3) is 0.500. The number of nitrogens with zero attached hydrogens (tertiary/aromatic N) is 1. The molecular formula is C16H22N2O3. The fourth-order valence-corrected chi connectivity index (χ4v) is 2.51. The van der Waals surface area contributed by atoms with E-state index in [9.17, 15) is 9.59 Å². The van der Waals surface area contributed by atoms with Crippen molar-refractivity contribution in [3.05, 3.63) is 35.9 Å². The normalized spacial score (nSPS) is 19.1. The van der Waals surface area contributed by atoms with Crippen molar-refractivity contribution in [3.8, 4) is 0 Å². The molecular weight excluding hydrogens is 268 g/mol. The number of amides is 2. The van der Waals surface area contributed by atoms with Crippen LogP contribution in [0.5, 0.6) is 0 Å². The molecule has 1 heterocycles. The molecule has 2 rings (SSSR count). The molecule has 0 spiro atoms. The summed E-state index contributed by atoms with van der Waals surface area (Å²) in [7, 11) is 0. The van der Waals surface area contributed by atoms with Crippen LogP contribution in [0.15, 0.2) is 30.3 Å². The van der Waals surface area contributed by atoms with Gasteiger partial charge < -0.3 is 15.0 Å². The largest absolute Gasteiger partial charge is 0.445 e. The van der Waals surface area contributed by atoms with E-state index in [-0.39, 0.29) is 18.6 Å². The van der Waals surface area contributed by atoms with Gasteiger partial charge in [-0.05, 0) is 32.3 Å². The number of carbonyl (C=O) groups excluding carboxylic acids is 2. The van der Waals surface area contributed by atoms with Gasteiger partial charge in [-0.2, -0.15) is 0 Å². The first-order valence-electron chi connectivity index (χ1n) is 7.35. The minimum absolute atomic E-state index is 0.0448. The lowest BCUT2D eigenvalue weighted by molar-refractivity contribution is -0.133. The third-order valence-electron chi connectivity index (χ3n) is 3.75. The SMILES string of the molecule is C[C@H](NC(=O)OCc1ccccc1)C(=O)N1CCC[C@H]1C. The van der Waals surface area contributed by atoms with Gasteiger partial charge in [0.05, 0.1) is 0 Å². The maximum absolute atomic E-state index is 12.2. The van der Waals surface area contributed by atoms with Crippen molar-refractivity contribution < 1.29 is 14.3 Å². The Hall–Kier alpha value is -2.04. The van der Waals surface area contributed by atoms with Crippen molar-refractivity contribution in [1.82, 2.24) is 10.2 Å². The van der Waals surface area contributed by atoms with Gasteiger partial charge in [0.15, 0.2) is 0 Å². The molecule has 2 atom stereocenters. The van der Waals surface area contributed by atoms with Gasteiger partial charge in [-0.3, -0.25) is 4.79 Å². The average molecular weight is 290 g/mol. The average Bonchev–Trinajstić information content (AvgIpc) is 2.91. The smallest absolute Gasteiger partial charge is 0.408 e. The molecule has 2 amide bonds. The van der Waals surface area contributed by atoms with Crippen LogP contribution in [0.4, 0.5) is 4.79 Å². The van der Waals surface area contributed by atoms with Crippen molar-refractivity contribution in [1.29, 1.82) is 0 Å². The molecule has 1 fully saturated rings. The summed E-state index contributed by atoms with van der Waals surface area (Å²) < 4.78 is 5.12. The zero-order chi connectivity index (χ0) is 15.2. The first kappa shape index (κ1) is 15.4. The lowest BCUT2D eigenvalue weighted by Gasteiger charge is -2.25. The summed E-state index contributed by atoms with van der Waals surface area (Å²) in [5.41, 5.74) is 0.916. The van der Waals surface area contributed by atoms with E-state index in [1.165, 1.54) is 0 Å². The van der Waals surface area contributed by atoms with E-state index in [0.29, 0.717) is 0 Å². The molecule has 21 heavy (non-hydrogen) atoms. The summed E-state index contributed by atoms with van der Waals surface area (Å²) in [6.45, 7) is 4.70. The predicted octanol–water partition coefficient (Wildman–Crippen LogP) is 2.31. The lowest BCUT2D eigenvalue weighted by Crippen LogP contribution is -2.48. The van der Waals surface area contributed by atoms with Crippen LogP contribution in [-0.2, 0) is 16.1 Å². The van der Waals surface area contributed by atoms with Crippen LogP contribution in [0.2, 0.25) is 0 Å². The van der Waals surface area contributed by atoms with Gasteiger partial charge in [0.25, 0.3) is 0 Å². The minimum Gasteiger partial charge on any atom is -0.445 e. The second kappa shape index (κ2) is 7.11. The second-order valence-electron chi connectivity index (χ2n) is 5.45. The molecule has 5 nitrogen and oxygen atoms in total. The Kier molecular flexibility index (Phi) is 5.20. The molecule has 0 aromatic heterocycles. The zero-order valence-corrected chi connectivity index (χ0v) is 12.5. The van der Waals surface area contributed by atoms with Gasteiger partial charge in [0.2, 0.25) is 5.91 Å². The van der Waals surface area contributed by atoms with Gasteiger partial charge in [0, 0.05) is 12.6 Å². The van der Waals surface area contributed by atoms with Gasteiger partial charge in [-0.25, -0.2) is 4.79 Å². The fourth-order valence-electron chi connectivity index (χ4n) is 2.51. The molecule has 1 aliphatic heterocycles. The summed E-state index contributed by atoms with van der Waals surface area (Å²) in [5.74, 6) is -0.0448. The van der Waals surface area contributed by atoms with Gasteiger partial charge in [0.1, 0.15) is 12.6 Å². The highest BCUT2D eigenvalue weighted by Crippen LogP contribution is 2.17. The molecule has 0 aliphatic carbocycles. The first-order chi connectivity index (χ1) is 10.1. The van der Waals surface area contributed by atoms with E-state index in [0.717, 1.165) is 24.9 Å². The van der Waals surface area contributed by atoms with Crippen LogP contribution in [-0.4, -0.2) is 35.5 Å². The first-order valence-corrected chi connectivity index (χ1v) is 7.35. The minimum atomic E-state index is -0.563. The van der Waals surface area contributed by atoms with E-state index in [1.807, 2.05) is 42.2 Å². The Bertz CT molecular complexity index is 490. The van der Waals surface area contributed by atoms with E-state index in [4.69, 9.17) is 4.74 Å². The maximum Gasteiger partial charge on any atom is 0.408 e. The number of hydrogen-bond donors (Lipinski definition) is 1. The molecule has 1 aliphatic rings. The molecule has 1 N–H and O–H groups in total. The van der Waals surface area contributed by atoms with Crippen LogP contribution in [0.25, 0.3) is 0 Å². The van der Waals surface area contributed by atoms with Gasteiger partial charge in [-0.1, -0.05) is 30.3 Å². The second-order valence-corrected chi connectivity index (χ2v) is 5.45. The number of alkyl carbamates (subject to hydrolysis) is 1. The summed E-state index contributed by atoms with van der Waals surface area (Å²) in [6, 6.07) is 9.13. The quantitative estimate of drug-likeness (QED) is 0.925. The molecule has 1 aromatic carbocycles. The number of benzene rings is 1. The van der Waals surface area contributed by atoms with E-state index in [2.05, 4.69) is 5.32 Å². The van der Waals surface area contributed by atoms with Crippen LogP contribution >= 0.6 is 0 Å². The molecule has 0 saturated carbocycles. The predicted molar refractivity (Wildman–Crippen MR) is 79.6 cm³/mol. The molecule has 1 saturated heterocycles. The molecule has 114 valence electrons. The number of carbonyl (C=O) groups is 2. The molecule has 0 radical (unpaired) electrons. The molecule has 0 unspecified atom stereocenters. The zero-order valence-electron chi connectivity index (χ0n) is 12.5. The highest BCUT2D eigenvalue weighted by atomic mass is 16.5. The van der Waals surface area contributed by atoms with Gasteiger partial charge in [-0.15, -0.1) is 0 Å². The summed E-state index contributed by atoms with van der Waals surface area (Å²) in [5, 5.41) is 2.59. The maximum atomic E-state index is 12.2. The van der Waals surface area contributed by atoms with Crippen molar-refractivity contribution in [3.63, 3.8) is 0 Å². The van der Waals surface area contributed by atoms with E-state index < -0.39 is 12.1 Å². The van der Waals surface area contributed by atoms with Crippen LogP contribution < -0.4 is 5.32 Å². The van der Waals surface area contributed by atoms with Crippen molar-refractivity contribution in [2.75, 3.05) is 6.54 Å². The Labute approximate surface area is 125 Å². The monoisotopic (exact) mass is 290 g/mol. The lowest BCUT2D eigenvalue weighted by atomic mass is 10.2. The Morgan fingerprint density at radius 1 is 1.38 bits per heavy atom. The third kappa shape index (κ3) is 4.21. The van der Waals surface area contributed by atoms with E-state index in [1.54, 1.807) is 6.92 Å². The topological polar surface area (TPSA) is 58.6 Å². The van der Waals surface area contributed by atoms with E-state index >= 15 is 0 Å². The molecule has 1 aromatic rings. The van der Waals surface area contributed by atoms with Crippen molar-refractivity contribution in [2.24, 2.45) is 0 Å². The van der Waals surface area contributed by atoms with Crippen LogP contribution in [0.1, 0.15) is 32.3 Å². The highest BCUT2D eigenvalue weighted by Gasteiger charge is 2.29. The van der Waals surface area contributed by atoms with Crippen LogP contribution in [0, 0.1) is 0 Å². The Balaban J connectivity index is 1.78. The van der Waals surface area contributed by atoms with Crippen molar-refractivity contribution in [2.45, 2.75) is 45.4 Å². The molecule has 5 heteroatoms. The van der Waals surface area contributed by atoms with Crippen LogP contribution in [0.3, 0.4) is 0 Å². The standard InChI is InChI=1S/C16H22N2O3/c1-12-7-6-10-18(12)15(19)13(2)17-16(20)21-11-14-8-4-3-5-9-14/h3-5,8-9,12-13H,6-7,10-11H2,1-2H3,(H,17,20)/t12-,13+/m1/s1. The Morgan fingerprint density at radius 3 is 2.71 bits per heavy atom. The van der Waals surface area contributed by atoms with Gasteiger partial charge >= 0.3 is 6.09 Å². The third-order valence-corrected chi connectivity index (χ3v) is 3.75.